The van der Waals surface area contributed by atoms with Gasteiger partial charge in [0.05, 0.1) is 17.9 Å². The molecule has 2 heterocycles. The summed E-state index contributed by atoms with van der Waals surface area (Å²) < 4.78 is 41.2. The van der Waals surface area contributed by atoms with E-state index in [1.54, 1.807) is 24.2 Å². The number of amides is 1. The van der Waals surface area contributed by atoms with E-state index in [4.69, 9.17) is 0 Å². The molecule has 0 unspecified atom stereocenters. The van der Waals surface area contributed by atoms with Crippen LogP contribution in [-0.2, 0) is 11.3 Å². The van der Waals surface area contributed by atoms with Crippen LogP contribution in [0.4, 0.5) is 18.9 Å². The Balaban J connectivity index is 1.68. The average Bonchev–Trinajstić information content (AvgIpc) is 2.63. The van der Waals surface area contributed by atoms with E-state index in [1.807, 2.05) is 13.0 Å². The number of nitrogens with zero attached hydrogens (tertiary/aromatic N) is 3. The second kappa shape index (κ2) is 7.81. The Morgan fingerprint density at radius 2 is 1.93 bits per heavy atom. The van der Waals surface area contributed by atoms with Crippen LogP contribution in [0.1, 0.15) is 11.3 Å². The molecule has 28 heavy (non-hydrogen) atoms. The highest BCUT2D eigenvalue weighted by atomic mass is 19.2. The second-order valence-electron chi connectivity index (χ2n) is 6.46. The van der Waals surface area contributed by atoms with Crippen LogP contribution < -0.4 is 10.9 Å². The van der Waals surface area contributed by atoms with Crippen LogP contribution in [0, 0.1) is 24.4 Å². The lowest BCUT2D eigenvalue weighted by Gasteiger charge is -2.16. The molecule has 0 atom stereocenters. The fourth-order valence-electron chi connectivity index (χ4n) is 2.73. The summed E-state index contributed by atoms with van der Waals surface area (Å²) in [6, 6.07) is 6.60. The van der Waals surface area contributed by atoms with Crippen LogP contribution in [0.15, 0.2) is 41.3 Å². The van der Waals surface area contributed by atoms with Crippen molar-refractivity contribution in [3.8, 4) is 0 Å². The third-order valence-corrected chi connectivity index (χ3v) is 4.02. The number of carbonyl (C=O) groups excluding carboxylic acids is 1. The molecule has 3 aromatic rings. The number of pyridine rings is 1. The predicted octanol–water partition coefficient (Wildman–Crippen LogP) is 2.49. The van der Waals surface area contributed by atoms with Gasteiger partial charge in [-0.2, -0.15) is 0 Å². The van der Waals surface area contributed by atoms with E-state index in [0.29, 0.717) is 11.3 Å². The minimum absolute atomic E-state index is 0.173. The zero-order valence-electron chi connectivity index (χ0n) is 15.2. The quantitative estimate of drug-likeness (QED) is 0.680. The number of benzene rings is 1. The summed E-state index contributed by atoms with van der Waals surface area (Å²) in [4.78, 5) is 30.2. The monoisotopic (exact) mass is 390 g/mol. The number of fused-ring (bicyclic) bond motifs is 1. The number of halogens is 3. The Kier molecular flexibility index (Phi) is 5.46. The first-order valence-corrected chi connectivity index (χ1v) is 8.35. The van der Waals surface area contributed by atoms with Gasteiger partial charge in [0, 0.05) is 18.8 Å². The summed E-state index contributed by atoms with van der Waals surface area (Å²) in [5, 5.41) is 2.19. The molecule has 0 bridgehead atoms. The van der Waals surface area contributed by atoms with Gasteiger partial charge in [-0.25, -0.2) is 18.2 Å². The Bertz CT molecular complexity index is 1110. The van der Waals surface area contributed by atoms with Crippen molar-refractivity contribution in [1.82, 2.24) is 14.3 Å². The van der Waals surface area contributed by atoms with Crippen LogP contribution in [0.25, 0.3) is 5.65 Å². The van der Waals surface area contributed by atoms with Crippen LogP contribution >= 0.6 is 0 Å². The first-order chi connectivity index (χ1) is 13.2. The van der Waals surface area contributed by atoms with Crippen LogP contribution in [-0.4, -0.2) is 33.8 Å². The molecular formula is C19H17F3N4O2. The van der Waals surface area contributed by atoms with Gasteiger partial charge < -0.3 is 5.32 Å². The Hall–Kier alpha value is -3.20. The van der Waals surface area contributed by atoms with E-state index in [9.17, 15) is 22.8 Å². The standard InChI is InChI=1S/C19H17F3N4O2/c1-11-3-6-15-23-12(7-17(28)26(15)8-11)9-25(2)10-16(27)24-14-5-4-13(20)18(21)19(14)22/h3-8H,9-10H2,1-2H3,(H,24,27). The van der Waals surface area contributed by atoms with E-state index in [-0.39, 0.29) is 18.6 Å². The summed E-state index contributed by atoms with van der Waals surface area (Å²) in [5.74, 6) is -5.07. The van der Waals surface area contributed by atoms with Crippen molar-refractivity contribution in [3.63, 3.8) is 0 Å². The molecule has 0 aliphatic carbocycles. The lowest BCUT2D eigenvalue weighted by molar-refractivity contribution is -0.117. The van der Waals surface area contributed by atoms with E-state index < -0.39 is 29.0 Å². The highest BCUT2D eigenvalue weighted by molar-refractivity contribution is 5.92. The Morgan fingerprint density at radius 3 is 2.68 bits per heavy atom. The van der Waals surface area contributed by atoms with E-state index in [1.165, 1.54) is 10.5 Å². The first kappa shape index (κ1) is 19.6. The molecule has 0 fully saturated rings. The number of aryl methyl sites for hydroxylation is 1. The van der Waals surface area contributed by atoms with Gasteiger partial charge in [0.25, 0.3) is 5.56 Å². The molecule has 1 N–H and O–H groups in total. The molecular weight excluding hydrogens is 373 g/mol. The largest absolute Gasteiger partial charge is 0.322 e. The van der Waals surface area contributed by atoms with Crippen molar-refractivity contribution in [2.24, 2.45) is 0 Å². The summed E-state index contributed by atoms with van der Waals surface area (Å²) >= 11 is 0. The highest BCUT2D eigenvalue weighted by Crippen LogP contribution is 2.19. The number of hydrogen-bond acceptors (Lipinski definition) is 4. The Labute approximate surface area is 158 Å². The van der Waals surface area contributed by atoms with Crippen molar-refractivity contribution < 1.29 is 18.0 Å². The summed E-state index contributed by atoms with van der Waals surface area (Å²) in [6.07, 6.45) is 1.68. The average molecular weight is 390 g/mol. The minimum atomic E-state index is -1.65. The molecule has 6 nitrogen and oxygen atoms in total. The molecule has 1 aromatic carbocycles. The molecule has 146 valence electrons. The molecule has 1 amide bonds. The van der Waals surface area contributed by atoms with Crippen LogP contribution in [0.2, 0.25) is 0 Å². The van der Waals surface area contributed by atoms with Gasteiger partial charge >= 0.3 is 0 Å². The molecule has 2 aromatic heterocycles. The molecule has 0 saturated heterocycles. The number of rotatable bonds is 5. The smallest absolute Gasteiger partial charge is 0.258 e. The third kappa shape index (κ3) is 4.20. The number of carbonyl (C=O) groups is 1. The van der Waals surface area contributed by atoms with Crippen LogP contribution in [0.5, 0.6) is 0 Å². The van der Waals surface area contributed by atoms with Gasteiger partial charge in [-0.05, 0) is 37.7 Å². The van der Waals surface area contributed by atoms with Crippen LogP contribution in [0.3, 0.4) is 0 Å². The number of nitrogens with one attached hydrogen (secondary N) is 1. The zero-order chi connectivity index (χ0) is 20.4. The molecule has 9 heteroatoms. The maximum absolute atomic E-state index is 13.6. The van der Waals surface area contributed by atoms with Gasteiger partial charge in [-0.1, -0.05) is 6.07 Å². The number of anilines is 1. The lowest BCUT2D eigenvalue weighted by atomic mass is 10.2. The third-order valence-electron chi connectivity index (χ3n) is 4.02. The maximum Gasteiger partial charge on any atom is 0.258 e. The number of aromatic nitrogens is 2. The molecule has 3 rings (SSSR count). The van der Waals surface area contributed by atoms with E-state index in [0.717, 1.165) is 17.7 Å². The maximum atomic E-state index is 13.6. The van der Waals surface area contributed by atoms with Crippen molar-refractivity contribution in [3.05, 3.63) is 75.6 Å². The number of likely N-dealkylation sites (N-methyl/N-ethyl adjacent to an activating group) is 1. The molecule has 0 aliphatic heterocycles. The van der Waals surface area contributed by atoms with Gasteiger partial charge in [0.2, 0.25) is 5.91 Å². The molecule has 0 aliphatic rings. The zero-order valence-corrected chi connectivity index (χ0v) is 15.2. The first-order valence-electron chi connectivity index (χ1n) is 8.35. The van der Waals surface area contributed by atoms with Crippen molar-refractivity contribution >= 4 is 17.2 Å². The SMILES string of the molecule is Cc1ccc2nc(CN(C)CC(=O)Nc3ccc(F)c(F)c3F)cc(=O)n2c1. The number of hydrogen-bond donors (Lipinski definition) is 1. The summed E-state index contributed by atoms with van der Waals surface area (Å²) in [5.41, 5.74) is 1.17. The Morgan fingerprint density at radius 1 is 1.18 bits per heavy atom. The second-order valence-corrected chi connectivity index (χ2v) is 6.46. The van der Waals surface area contributed by atoms with Gasteiger partial charge in [0.1, 0.15) is 5.65 Å². The minimum Gasteiger partial charge on any atom is -0.322 e. The molecule has 0 spiro atoms. The van der Waals surface area contributed by atoms with Crippen molar-refractivity contribution in [1.29, 1.82) is 0 Å². The normalized spacial score (nSPS) is 11.2. The highest BCUT2D eigenvalue weighted by Gasteiger charge is 2.16. The van der Waals surface area contributed by atoms with Crippen molar-refractivity contribution in [2.45, 2.75) is 13.5 Å². The van der Waals surface area contributed by atoms with Crippen molar-refractivity contribution in [2.75, 3.05) is 18.9 Å². The van der Waals surface area contributed by atoms with Gasteiger partial charge in [0.15, 0.2) is 17.5 Å². The van der Waals surface area contributed by atoms with E-state index >= 15 is 0 Å². The van der Waals surface area contributed by atoms with Gasteiger partial charge in [-0.15, -0.1) is 0 Å². The fourth-order valence-corrected chi connectivity index (χ4v) is 2.73. The summed E-state index contributed by atoms with van der Waals surface area (Å²) in [6.45, 7) is 1.88. The predicted molar refractivity (Wildman–Crippen MR) is 97.5 cm³/mol. The van der Waals surface area contributed by atoms with Gasteiger partial charge in [-0.3, -0.25) is 18.9 Å². The lowest BCUT2D eigenvalue weighted by Crippen LogP contribution is -2.31. The molecule has 0 radical (unpaired) electrons. The fraction of sp³-hybridized carbons (Fsp3) is 0.211. The molecule has 0 saturated carbocycles. The summed E-state index contributed by atoms with van der Waals surface area (Å²) in [7, 11) is 1.61. The topological polar surface area (TPSA) is 66.7 Å². The van der Waals surface area contributed by atoms with E-state index in [2.05, 4.69) is 10.3 Å².